The van der Waals surface area contributed by atoms with Gasteiger partial charge in [0.25, 0.3) is 0 Å². The van der Waals surface area contributed by atoms with Gasteiger partial charge in [-0.15, -0.1) is 13.2 Å². The zero-order valence-electron chi connectivity index (χ0n) is 7.97. The van der Waals surface area contributed by atoms with E-state index in [2.05, 4.69) is 4.74 Å². The number of hydrogen-bond donors (Lipinski definition) is 2. The van der Waals surface area contributed by atoms with E-state index in [4.69, 9.17) is 5.11 Å². The molecule has 17 heavy (non-hydrogen) atoms. The van der Waals surface area contributed by atoms with Gasteiger partial charge in [0.1, 0.15) is 6.67 Å². The summed E-state index contributed by atoms with van der Waals surface area (Å²) in [4.78, 5) is 23.7. The zero-order valence-corrected chi connectivity index (χ0v) is 7.97. The highest BCUT2D eigenvalue weighted by Crippen LogP contribution is 2.22. The van der Waals surface area contributed by atoms with Gasteiger partial charge in [0.05, 0.1) is 5.56 Å². The molecular formula is C8H5F4NO4. The highest BCUT2D eigenvalue weighted by Gasteiger charge is 2.35. The van der Waals surface area contributed by atoms with E-state index in [0.29, 0.717) is 6.20 Å². The normalized spacial score (nSPS) is 11.3. The van der Waals surface area contributed by atoms with Crippen molar-refractivity contribution in [2.75, 3.05) is 0 Å². The van der Waals surface area contributed by atoms with Crippen LogP contribution in [0.2, 0.25) is 0 Å². The lowest BCUT2D eigenvalue weighted by atomic mass is 10.2. The first kappa shape index (κ1) is 13.0. The average Bonchev–Trinajstić information content (AvgIpc) is 2.18. The van der Waals surface area contributed by atoms with Crippen LogP contribution in [0.25, 0.3) is 0 Å². The molecule has 0 aliphatic heterocycles. The number of hydrogen-bond acceptors (Lipinski definition) is 3. The van der Waals surface area contributed by atoms with E-state index in [-0.39, 0.29) is 0 Å². The van der Waals surface area contributed by atoms with E-state index >= 15 is 0 Å². The van der Waals surface area contributed by atoms with Gasteiger partial charge in [-0.2, -0.15) is 0 Å². The minimum atomic E-state index is -5.24. The third-order valence-corrected chi connectivity index (χ3v) is 1.69. The Labute approximate surface area is 90.6 Å². The fourth-order valence-corrected chi connectivity index (χ4v) is 1.02. The van der Waals surface area contributed by atoms with E-state index in [9.17, 15) is 27.2 Å². The minimum absolute atomic E-state index is 0.658. The third kappa shape index (κ3) is 2.95. The molecule has 1 rings (SSSR count). The molecule has 0 saturated carbocycles. The fourth-order valence-electron chi connectivity index (χ4n) is 1.02. The van der Waals surface area contributed by atoms with Crippen LogP contribution >= 0.6 is 0 Å². The summed E-state index contributed by atoms with van der Waals surface area (Å²) in [5.41, 5.74) is -3.21. The van der Waals surface area contributed by atoms with Crippen LogP contribution in [-0.2, 0) is 6.67 Å². The van der Waals surface area contributed by atoms with Crippen molar-refractivity contribution >= 4 is 5.97 Å². The van der Waals surface area contributed by atoms with E-state index in [1.807, 2.05) is 4.98 Å². The molecule has 0 aliphatic carbocycles. The largest absolute Gasteiger partial charge is 0.573 e. The van der Waals surface area contributed by atoms with Gasteiger partial charge in [-0.25, -0.2) is 9.18 Å². The molecule has 0 spiro atoms. The van der Waals surface area contributed by atoms with Crippen LogP contribution in [0.4, 0.5) is 17.6 Å². The molecular weight excluding hydrogens is 250 g/mol. The van der Waals surface area contributed by atoms with Crippen molar-refractivity contribution in [3.8, 4) is 5.75 Å². The molecule has 0 atom stereocenters. The Kier molecular flexibility index (Phi) is 3.39. The second kappa shape index (κ2) is 4.44. The Bertz CT molecular complexity index is 493. The number of rotatable bonds is 3. The van der Waals surface area contributed by atoms with Gasteiger partial charge in [0.2, 0.25) is 11.2 Å². The summed E-state index contributed by atoms with van der Waals surface area (Å²) in [5.74, 6) is -3.31. The number of carboxylic acids is 1. The van der Waals surface area contributed by atoms with E-state index in [1.54, 1.807) is 0 Å². The fraction of sp³-hybridized carbons (Fsp3) is 0.250. The average molecular weight is 255 g/mol. The topological polar surface area (TPSA) is 79.4 Å². The maximum atomic E-state index is 12.2. The number of nitrogens with one attached hydrogen (secondary N) is 1. The maximum Gasteiger partial charge on any atom is 0.573 e. The van der Waals surface area contributed by atoms with Gasteiger partial charge in [-0.1, -0.05) is 0 Å². The van der Waals surface area contributed by atoms with Crippen molar-refractivity contribution in [2.24, 2.45) is 0 Å². The van der Waals surface area contributed by atoms with Gasteiger partial charge in [0, 0.05) is 6.20 Å². The molecule has 1 aromatic rings. The second-order valence-corrected chi connectivity index (χ2v) is 2.83. The number of halogens is 4. The van der Waals surface area contributed by atoms with Crippen LogP contribution in [0, 0.1) is 0 Å². The second-order valence-electron chi connectivity index (χ2n) is 2.83. The van der Waals surface area contributed by atoms with Crippen LogP contribution in [0.1, 0.15) is 16.1 Å². The quantitative estimate of drug-likeness (QED) is 0.801. The smallest absolute Gasteiger partial charge is 0.476 e. The third-order valence-electron chi connectivity index (χ3n) is 1.69. The highest BCUT2D eigenvalue weighted by atomic mass is 19.4. The van der Waals surface area contributed by atoms with E-state index < -0.39 is 41.4 Å². The Balaban J connectivity index is 3.41. The number of aromatic amines is 1. The molecule has 0 aliphatic rings. The zero-order chi connectivity index (χ0) is 13.2. The van der Waals surface area contributed by atoms with Crippen LogP contribution in [-0.4, -0.2) is 22.4 Å². The van der Waals surface area contributed by atoms with Crippen molar-refractivity contribution in [1.82, 2.24) is 4.98 Å². The predicted molar refractivity (Wildman–Crippen MR) is 45.5 cm³/mol. The first-order valence-electron chi connectivity index (χ1n) is 4.06. The van der Waals surface area contributed by atoms with Crippen LogP contribution in [0.3, 0.4) is 0 Å². The number of carbonyl (C=O) groups is 1. The van der Waals surface area contributed by atoms with Gasteiger partial charge in [-0.05, 0) is 0 Å². The lowest BCUT2D eigenvalue weighted by molar-refractivity contribution is -0.275. The van der Waals surface area contributed by atoms with Gasteiger partial charge in [0.15, 0.2) is 5.69 Å². The van der Waals surface area contributed by atoms with Crippen molar-refractivity contribution < 1.29 is 32.2 Å². The lowest BCUT2D eigenvalue weighted by Crippen LogP contribution is -2.26. The monoisotopic (exact) mass is 255 g/mol. The summed E-state index contributed by atoms with van der Waals surface area (Å²) < 4.78 is 51.3. The first-order chi connectivity index (χ1) is 7.76. The number of ether oxygens (including phenoxy) is 1. The molecule has 0 aromatic carbocycles. The van der Waals surface area contributed by atoms with Crippen LogP contribution < -0.4 is 10.2 Å². The molecule has 0 radical (unpaired) electrons. The Morgan fingerprint density at radius 1 is 1.47 bits per heavy atom. The molecule has 0 unspecified atom stereocenters. The summed E-state index contributed by atoms with van der Waals surface area (Å²) >= 11 is 0. The summed E-state index contributed by atoms with van der Waals surface area (Å²) in [6.45, 7) is -1.34. The standard InChI is InChI=1S/C8H5F4NO4/c9-1-3-2-13-4(7(15)16)6(5(3)14)17-8(10,11)12/h2H,1H2,(H,13,14)(H,15,16). The number of pyridine rings is 1. The van der Waals surface area contributed by atoms with Gasteiger partial charge < -0.3 is 14.8 Å². The lowest BCUT2D eigenvalue weighted by Gasteiger charge is -2.10. The number of alkyl halides is 4. The van der Waals surface area contributed by atoms with Crippen molar-refractivity contribution in [3.63, 3.8) is 0 Å². The van der Waals surface area contributed by atoms with Crippen molar-refractivity contribution in [1.29, 1.82) is 0 Å². The molecule has 1 heterocycles. The Morgan fingerprint density at radius 3 is 2.47 bits per heavy atom. The molecule has 0 amide bonds. The van der Waals surface area contributed by atoms with Crippen molar-refractivity contribution in [3.05, 3.63) is 27.7 Å². The Morgan fingerprint density at radius 2 is 2.06 bits per heavy atom. The molecule has 0 bridgehead atoms. The highest BCUT2D eigenvalue weighted by molar-refractivity contribution is 5.88. The minimum Gasteiger partial charge on any atom is -0.476 e. The first-order valence-corrected chi connectivity index (χ1v) is 4.06. The number of aromatic nitrogens is 1. The van der Waals surface area contributed by atoms with Gasteiger partial charge >= 0.3 is 12.3 Å². The van der Waals surface area contributed by atoms with Crippen LogP contribution in [0.5, 0.6) is 5.75 Å². The molecule has 5 nitrogen and oxygen atoms in total. The summed E-state index contributed by atoms with van der Waals surface area (Å²) in [5, 5.41) is 8.54. The van der Waals surface area contributed by atoms with Gasteiger partial charge in [-0.3, -0.25) is 4.79 Å². The molecule has 2 N–H and O–H groups in total. The molecule has 1 aromatic heterocycles. The SMILES string of the molecule is O=C(O)c1[nH]cc(CF)c(=O)c1OC(F)(F)F. The molecule has 0 fully saturated rings. The molecule has 9 heteroatoms. The summed E-state index contributed by atoms with van der Waals surface area (Å²) in [6.07, 6.45) is -4.57. The summed E-state index contributed by atoms with van der Waals surface area (Å²) in [7, 11) is 0. The van der Waals surface area contributed by atoms with Crippen molar-refractivity contribution in [2.45, 2.75) is 13.0 Å². The molecule has 94 valence electrons. The number of aromatic carboxylic acids is 1. The Hall–Kier alpha value is -2.06. The number of H-pyrrole nitrogens is 1. The van der Waals surface area contributed by atoms with Crippen LogP contribution in [0.15, 0.2) is 11.0 Å². The maximum absolute atomic E-state index is 12.2. The molecule has 0 saturated heterocycles. The van der Waals surface area contributed by atoms with E-state index in [1.165, 1.54) is 0 Å². The summed E-state index contributed by atoms with van der Waals surface area (Å²) in [6, 6.07) is 0. The van der Waals surface area contributed by atoms with E-state index in [0.717, 1.165) is 0 Å². The predicted octanol–water partition coefficient (Wildman–Crippen LogP) is 1.44. The number of carboxylic acid groups (broad SMARTS) is 1.